The van der Waals surface area contributed by atoms with Gasteiger partial charge in [0.05, 0.1) is 5.75 Å². The minimum atomic E-state index is -3.32. The fourth-order valence-corrected chi connectivity index (χ4v) is 4.78. The van der Waals surface area contributed by atoms with Crippen molar-refractivity contribution in [1.29, 1.82) is 0 Å². The SMILES string of the molecule is NC(=O)CC1CCN(S(=O)(=O)Cc2ccccc2Br)CC1. The maximum Gasteiger partial charge on any atom is 0.218 e. The number of carbonyl (C=O) groups excluding carboxylic acids is 1. The molecular formula is C14H19BrN2O3S. The number of piperidine rings is 1. The first-order valence-corrected chi connectivity index (χ1v) is 9.28. The first kappa shape index (κ1) is 16.5. The number of carbonyl (C=O) groups is 1. The van der Waals surface area contributed by atoms with E-state index in [1.165, 1.54) is 4.31 Å². The van der Waals surface area contributed by atoms with Crippen LogP contribution in [-0.4, -0.2) is 31.7 Å². The van der Waals surface area contributed by atoms with Crippen molar-refractivity contribution >= 4 is 31.9 Å². The zero-order valence-electron chi connectivity index (χ0n) is 11.7. The predicted molar refractivity (Wildman–Crippen MR) is 84.9 cm³/mol. The molecule has 1 heterocycles. The average Bonchev–Trinajstić information content (AvgIpc) is 2.41. The summed E-state index contributed by atoms with van der Waals surface area (Å²) in [5.74, 6) is -0.114. The Morgan fingerprint density at radius 1 is 1.29 bits per heavy atom. The highest BCUT2D eigenvalue weighted by atomic mass is 79.9. The van der Waals surface area contributed by atoms with Gasteiger partial charge in [-0.15, -0.1) is 0 Å². The highest BCUT2D eigenvalue weighted by Crippen LogP contribution is 2.25. The zero-order valence-corrected chi connectivity index (χ0v) is 14.1. The van der Waals surface area contributed by atoms with E-state index in [4.69, 9.17) is 5.73 Å². The number of primary amides is 1. The fourth-order valence-electron chi connectivity index (χ4n) is 2.58. The number of hydrogen-bond donors (Lipinski definition) is 1. The molecule has 0 aromatic heterocycles. The van der Waals surface area contributed by atoms with E-state index in [-0.39, 0.29) is 17.6 Å². The van der Waals surface area contributed by atoms with Crippen molar-refractivity contribution in [2.24, 2.45) is 11.7 Å². The summed E-state index contributed by atoms with van der Waals surface area (Å²) in [5.41, 5.74) is 5.95. The van der Waals surface area contributed by atoms with Crippen molar-refractivity contribution in [3.8, 4) is 0 Å². The van der Waals surface area contributed by atoms with Crippen LogP contribution in [0.1, 0.15) is 24.8 Å². The third-order valence-electron chi connectivity index (χ3n) is 3.75. The minimum absolute atomic E-state index is 0.00505. The van der Waals surface area contributed by atoms with Crippen LogP contribution in [-0.2, 0) is 20.6 Å². The second kappa shape index (κ2) is 6.89. The van der Waals surface area contributed by atoms with Gasteiger partial charge in [0, 0.05) is 24.0 Å². The molecule has 0 saturated carbocycles. The molecule has 0 radical (unpaired) electrons. The van der Waals surface area contributed by atoms with Crippen molar-refractivity contribution in [3.05, 3.63) is 34.3 Å². The molecular weight excluding hydrogens is 356 g/mol. The third-order valence-corrected chi connectivity index (χ3v) is 6.35. The van der Waals surface area contributed by atoms with E-state index >= 15 is 0 Å². The fraction of sp³-hybridized carbons (Fsp3) is 0.500. The molecule has 5 nitrogen and oxygen atoms in total. The molecule has 0 aliphatic carbocycles. The van der Waals surface area contributed by atoms with Gasteiger partial charge in [-0.25, -0.2) is 12.7 Å². The lowest BCUT2D eigenvalue weighted by molar-refractivity contribution is -0.119. The van der Waals surface area contributed by atoms with Gasteiger partial charge in [-0.05, 0) is 30.4 Å². The second-order valence-electron chi connectivity index (χ2n) is 5.36. The molecule has 7 heteroatoms. The molecule has 0 spiro atoms. The van der Waals surface area contributed by atoms with Crippen LogP contribution < -0.4 is 5.73 Å². The molecule has 1 fully saturated rings. The van der Waals surface area contributed by atoms with E-state index in [2.05, 4.69) is 15.9 Å². The number of hydrogen-bond acceptors (Lipinski definition) is 3. The number of nitrogens with zero attached hydrogens (tertiary/aromatic N) is 1. The lowest BCUT2D eigenvalue weighted by atomic mass is 9.94. The lowest BCUT2D eigenvalue weighted by Crippen LogP contribution is -2.39. The van der Waals surface area contributed by atoms with Crippen LogP contribution in [0.2, 0.25) is 0 Å². The maximum atomic E-state index is 12.4. The molecule has 2 rings (SSSR count). The van der Waals surface area contributed by atoms with Crippen molar-refractivity contribution < 1.29 is 13.2 Å². The van der Waals surface area contributed by atoms with Gasteiger partial charge in [-0.3, -0.25) is 4.79 Å². The summed E-state index contributed by atoms with van der Waals surface area (Å²) in [5, 5.41) is 0. The Bertz CT molecular complexity index is 610. The van der Waals surface area contributed by atoms with Gasteiger partial charge < -0.3 is 5.73 Å². The lowest BCUT2D eigenvalue weighted by Gasteiger charge is -2.30. The average molecular weight is 375 g/mol. The molecule has 1 aliphatic heterocycles. The van der Waals surface area contributed by atoms with Gasteiger partial charge in [-0.2, -0.15) is 0 Å². The summed E-state index contributed by atoms with van der Waals surface area (Å²) < 4.78 is 27.2. The molecule has 1 amide bonds. The number of nitrogens with two attached hydrogens (primary N) is 1. The number of rotatable bonds is 5. The Morgan fingerprint density at radius 2 is 1.90 bits per heavy atom. The van der Waals surface area contributed by atoms with E-state index in [1.807, 2.05) is 24.3 Å². The van der Waals surface area contributed by atoms with Crippen LogP contribution in [0.4, 0.5) is 0 Å². The zero-order chi connectivity index (χ0) is 15.5. The predicted octanol–water partition coefficient (Wildman–Crippen LogP) is 1.87. The van der Waals surface area contributed by atoms with Crippen molar-refractivity contribution in [2.45, 2.75) is 25.0 Å². The van der Waals surface area contributed by atoms with Crippen LogP contribution in [0, 0.1) is 5.92 Å². The molecule has 2 N–H and O–H groups in total. The summed E-state index contributed by atoms with van der Waals surface area (Å²) in [6.45, 7) is 0.926. The topological polar surface area (TPSA) is 80.5 Å². The first-order chi connectivity index (χ1) is 9.88. The third kappa shape index (κ3) is 4.52. The van der Waals surface area contributed by atoms with Crippen LogP contribution in [0.5, 0.6) is 0 Å². The van der Waals surface area contributed by atoms with Crippen LogP contribution in [0.15, 0.2) is 28.7 Å². The summed E-state index contributed by atoms with van der Waals surface area (Å²) in [6.07, 6.45) is 1.73. The van der Waals surface area contributed by atoms with Crippen molar-refractivity contribution in [2.75, 3.05) is 13.1 Å². The smallest absolute Gasteiger partial charge is 0.218 e. The maximum absolute atomic E-state index is 12.4. The molecule has 0 atom stereocenters. The molecule has 0 unspecified atom stereocenters. The molecule has 21 heavy (non-hydrogen) atoms. The van der Waals surface area contributed by atoms with Crippen LogP contribution in [0.3, 0.4) is 0 Å². The van der Waals surface area contributed by atoms with E-state index in [9.17, 15) is 13.2 Å². The number of benzene rings is 1. The standard InChI is InChI=1S/C14H19BrN2O3S/c15-13-4-2-1-3-12(13)10-21(19,20)17-7-5-11(6-8-17)9-14(16)18/h1-4,11H,5-10H2,(H2,16,18). The normalized spacial score (nSPS) is 17.8. The van der Waals surface area contributed by atoms with Crippen LogP contribution >= 0.6 is 15.9 Å². The van der Waals surface area contributed by atoms with Crippen LogP contribution in [0.25, 0.3) is 0 Å². The summed E-state index contributed by atoms with van der Waals surface area (Å²) in [7, 11) is -3.32. The molecule has 1 saturated heterocycles. The number of amides is 1. The number of halogens is 1. The highest BCUT2D eigenvalue weighted by molar-refractivity contribution is 9.10. The Balaban J connectivity index is 1.99. The van der Waals surface area contributed by atoms with E-state index in [0.717, 1.165) is 10.0 Å². The minimum Gasteiger partial charge on any atom is -0.370 e. The quantitative estimate of drug-likeness (QED) is 0.853. The van der Waals surface area contributed by atoms with E-state index in [1.54, 1.807) is 0 Å². The van der Waals surface area contributed by atoms with E-state index < -0.39 is 10.0 Å². The van der Waals surface area contributed by atoms with Gasteiger partial charge in [0.1, 0.15) is 0 Å². The molecule has 116 valence electrons. The highest BCUT2D eigenvalue weighted by Gasteiger charge is 2.29. The Hall–Kier alpha value is -0.920. The molecule has 1 aliphatic rings. The first-order valence-electron chi connectivity index (χ1n) is 6.88. The van der Waals surface area contributed by atoms with Gasteiger partial charge in [-0.1, -0.05) is 34.1 Å². The van der Waals surface area contributed by atoms with Crippen molar-refractivity contribution in [3.63, 3.8) is 0 Å². The second-order valence-corrected chi connectivity index (χ2v) is 8.18. The van der Waals surface area contributed by atoms with Gasteiger partial charge in [0.2, 0.25) is 15.9 Å². The Kier molecular flexibility index (Phi) is 5.40. The summed E-state index contributed by atoms with van der Waals surface area (Å²) >= 11 is 3.38. The Labute approximate surface area is 133 Å². The van der Waals surface area contributed by atoms with Gasteiger partial charge >= 0.3 is 0 Å². The van der Waals surface area contributed by atoms with Gasteiger partial charge in [0.15, 0.2) is 0 Å². The Morgan fingerprint density at radius 3 is 2.48 bits per heavy atom. The summed E-state index contributed by atoms with van der Waals surface area (Å²) in [6, 6.07) is 7.33. The monoisotopic (exact) mass is 374 g/mol. The summed E-state index contributed by atoms with van der Waals surface area (Å²) in [4.78, 5) is 10.9. The van der Waals surface area contributed by atoms with E-state index in [0.29, 0.717) is 32.4 Å². The van der Waals surface area contributed by atoms with Gasteiger partial charge in [0.25, 0.3) is 0 Å². The molecule has 0 bridgehead atoms. The molecule has 1 aromatic carbocycles. The molecule has 1 aromatic rings. The number of sulfonamides is 1. The largest absolute Gasteiger partial charge is 0.370 e. The van der Waals surface area contributed by atoms with Crippen molar-refractivity contribution in [1.82, 2.24) is 4.31 Å².